The van der Waals surface area contributed by atoms with Gasteiger partial charge >= 0.3 is 11.9 Å². The van der Waals surface area contributed by atoms with E-state index in [4.69, 9.17) is 33.7 Å². The number of ether oxygens (including phenoxy) is 2. The first-order valence-corrected chi connectivity index (χ1v) is 12.7. The van der Waals surface area contributed by atoms with Crippen molar-refractivity contribution in [2.45, 2.75) is 24.9 Å². The van der Waals surface area contributed by atoms with Gasteiger partial charge in [-0.05, 0) is 79.7 Å². The van der Waals surface area contributed by atoms with Gasteiger partial charge in [0.25, 0.3) is 0 Å². The van der Waals surface area contributed by atoms with Crippen molar-refractivity contribution in [3.05, 3.63) is 59.7 Å². The van der Waals surface area contributed by atoms with Gasteiger partial charge in [-0.25, -0.2) is 9.59 Å². The van der Waals surface area contributed by atoms with Crippen LogP contribution >= 0.6 is 11.3 Å². The number of methoxy groups -OCH3 is 1. The maximum absolute atomic E-state index is 10.5. The molecule has 2 aromatic heterocycles. The van der Waals surface area contributed by atoms with Crippen LogP contribution in [0.4, 0.5) is 0 Å². The third-order valence-corrected chi connectivity index (χ3v) is 7.54. The number of hydrogen-bond donors (Lipinski definition) is 3. The number of likely N-dealkylation sites (tertiary alicyclic amines) is 1. The van der Waals surface area contributed by atoms with Crippen molar-refractivity contribution in [1.82, 2.24) is 4.90 Å². The molecule has 0 unspecified atom stereocenters. The number of thiophene rings is 1. The van der Waals surface area contributed by atoms with Crippen LogP contribution < -0.4 is 9.47 Å². The fourth-order valence-corrected chi connectivity index (χ4v) is 5.65. The van der Waals surface area contributed by atoms with Gasteiger partial charge in [0, 0.05) is 16.1 Å². The molecule has 9 nitrogen and oxygen atoms in total. The van der Waals surface area contributed by atoms with Crippen molar-refractivity contribution in [2.75, 3.05) is 33.4 Å². The van der Waals surface area contributed by atoms with E-state index in [1.165, 1.54) is 15.0 Å². The summed E-state index contributed by atoms with van der Waals surface area (Å²) in [4.78, 5) is 22.0. The van der Waals surface area contributed by atoms with Crippen molar-refractivity contribution in [3.8, 4) is 11.5 Å². The van der Waals surface area contributed by atoms with Gasteiger partial charge in [-0.3, -0.25) is 0 Å². The second-order valence-electron chi connectivity index (χ2n) is 8.79. The summed E-state index contributed by atoms with van der Waals surface area (Å²) in [5.41, 5.74) is 0.800. The standard InChI is InChI=1S/C25H27NO4S.C2H2O4/c1-28-20-6-5-18-13-24(31-25(18)14-20)17-7-10-26(11-8-17)15-19(27)16-30-23-4-2-3-22-21(23)9-12-29-22;3-1(4)2(5)6/h2-6,9,12-14,17,19,27H,7-8,10-11,15-16H2,1H3;(H,3,4)(H,5,6)/t19-;/m0./s1. The number of aliphatic carboxylic acids is 2. The molecular formula is C27H29NO8S. The number of carboxylic acids is 2. The number of benzene rings is 2. The quantitative estimate of drug-likeness (QED) is 0.299. The van der Waals surface area contributed by atoms with E-state index in [9.17, 15) is 5.11 Å². The minimum Gasteiger partial charge on any atom is -0.497 e. The lowest BCUT2D eigenvalue weighted by molar-refractivity contribution is -0.159. The number of β-amino-alcohol motifs (C(OH)–C–C–N with tert-alkyl or cyclic N) is 1. The lowest BCUT2D eigenvalue weighted by Crippen LogP contribution is -2.40. The average molecular weight is 528 g/mol. The minimum absolute atomic E-state index is 0.280. The van der Waals surface area contributed by atoms with Crippen LogP contribution in [-0.2, 0) is 9.59 Å². The van der Waals surface area contributed by atoms with E-state index in [1.807, 2.05) is 41.7 Å². The molecule has 0 spiro atoms. The van der Waals surface area contributed by atoms with Crippen LogP contribution in [0.15, 0.2) is 59.2 Å². The number of carbonyl (C=O) groups is 2. The Morgan fingerprint density at radius 2 is 1.86 bits per heavy atom. The summed E-state index contributed by atoms with van der Waals surface area (Å²) in [7, 11) is 1.71. The SMILES string of the molecule is COc1ccc2cc(C3CCN(C[C@H](O)COc4cccc5occc45)CC3)sc2c1.O=C(O)C(=O)O. The average Bonchev–Trinajstić information content (AvgIpc) is 3.55. The van der Waals surface area contributed by atoms with Crippen LogP contribution in [0.5, 0.6) is 11.5 Å². The molecule has 1 aliphatic rings. The predicted octanol–water partition coefficient (Wildman–Crippen LogP) is 4.43. The first kappa shape index (κ1) is 26.5. The predicted molar refractivity (Wildman–Crippen MR) is 140 cm³/mol. The molecule has 1 saturated heterocycles. The normalized spacial score (nSPS) is 15.2. The van der Waals surface area contributed by atoms with Gasteiger partial charge in [0.15, 0.2) is 0 Å². The Kier molecular flexibility index (Phi) is 8.65. The topological polar surface area (TPSA) is 130 Å². The number of aliphatic hydroxyl groups excluding tert-OH is 1. The van der Waals surface area contributed by atoms with Gasteiger partial charge in [-0.15, -0.1) is 11.3 Å². The smallest absolute Gasteiger partial charge is 0.414 e. The number of furan rings is 1. The van der Waals surface area contributed by atoms with Gasteiger partial charge in [0.1, 0.15) is 29.8 Å². The minimum atomic E-state index is -1.82. The summed E-state index contributed by atoms with van der Waals surface area (Å²) in [5.74, 6) is -1.39. The molecule has 0 aliphatic carbocycles. The summed E-state index contributed by atoms with van der Waals surface area (Å²) in [6.07, 6.45) is 3.37. The Morgan fingerprint density at radius 3 is 2.57 bits per heavy atom. The number of aliphatic hydroxyl groups is 1. The number of rotatable bonds is 7. The largest absolute Gasteiger partial charge is 0.497 e. The molecule has 5 rings (SSSR count). The molecule has 1 fully saturated rings. The number of nitrogens with zero attached hydrogens (tertiary/aromatic N) is 1. The van der Waals surface area contributed by atoms with E-state index in [-0.39, 0.29) is 6.61 Å². The third kappa shape index (κ3) is 6.79. The molecule has 4 aromatic rings. The number of fused-ring (bicyclic) bond motifs is 2. The Bertz CT molecular complexity index is 1340. The van der Waals surface area contributed by atoms with Crippen LogP contribution in [0, 0.1) is 0 Å². The summed E-state index contributed by atoms with van der Waals surface area (Å²) >= 11 is 1.88. The van der Waals surface area contributed by atoms with Crippen molar-refractivity contribution in [2.24, 2.45) is 0 Å². The van der Waals surface area contributed by atoms with E-state index in [0.717, 1.165) is 48.4 Å². The molecular weight excluding hydrogens is 498 g/mol. The zero-order valence-corrected chi connectivity index (χ0v) is 21.1. The molecule has 196 valence electrons. The number of carboxylic acid groups (broad SMARTS) is 2. The van der Waals surface area contributed by atoms with Gasteiger partial charge in [-0.1, -0.05) is 6.07 Å². The number of piperidine rings is 1. The van der Waals surface area contributed by atoms with E-state index >= 15 is 0 Å². The second kappa shape index (κ2) is 12.1. The first-order valence-electron chi connectivity index (χ1n) is 11.9. The van der Waals surface area contributed by atoms with Crippen LogP contribution in [0.25, 0.3) is 21.1 Å². The molecule has 1 atom stereocenters. The summed E-state index contributed by atoms with van der Waals surface area (Å²) in [5, 5.41) is 27.5. The molecule has 0 radical (unpaired) electrons. The zero-order chi connectivity index (χ0) is 26.4. The lowest BCUT2D eigenvalue weighted by Gasteiger charge is -2.32. The van der Waals surface area contributed by atoms with Crippen LogP contribution in [-0.4, -0.2) is 71.6 Å². The highest BCUT2D eigenvalue weighted by Gasteiger charge is 2.24. The highest BCUT2D eigenvalue weighted by atomic mass is 32.1. The Morgan fingerprint density at radius 1 is 1.11 bits per heavy atom. The fourth-order valence-electron chi connectivity index (χ4n) is 4.39. The molecule has 0 amide bonds. The summed E-state index contributed by atoms with van der Waals surface area (Å²) < 4.78 is 17.9. The molecule has 10 heteroatoms. The monoisotopic (exact) mass is 527 g/mol. The van der Waals surface area contributed by atoms with E-state index in [1.54, 1.807) is 13.4 Å². The lowest BCUT2D eigenvalue weighted by atomic mass is 9.95. The fraction of sp³-hybridized carbons (Fsp3) is 0.333. The Hall–Kier alpha value is -3.60. The van der Waals surface area contributed by atoms with Crippen molar-refractivity contribution in [1.29, 1.82) is 0 Å². The molecule has 37 heavy (non-hydrogen) atoms. The molecule has 0 saturated carbocycles. The van der Waals surface area contributed by atoms with Gasteiger partial charge in [-0.2, -0.15) is 0 Å². The van der Waals surface area contributed by atoms with Crippen LogP contribution in [0.2, 0.25) is 0 Å². The van der Waals surface area contributed by atoms with E-state index in [0.29, 0.717) is 12.5 Å². The van der Waals surface area contributed by atoms with Gasteiger partial charge in [0.05, 0.1) is 18.8 Å². The number of hydrogen-bond acceptors (Lipinski definition) is 8. The van der Waals surface area contributed by atoms with Gasteiger partial charge < -0.3 is 34.1 Å². The van der Waals surface area contributed by atoms with Crippen LogP contribution in [0.3, 0.4) is 0 Å². The van der Waals surface area contributed by atoms with Crippen LogP contribution in [0.1, 0.15) is 23.6 Å². The molecule has 0 bridgehead atoms. The second-order valence-corrected chi connectivity index (χ2v) is 9.91. The third-order valence-electron chi connectivity index (χ3n) is 6.28. The van der Waals surface area contributed by atoms with Crippen molar-refractivity contribution in [3.63, 3.8) is 0 Å². The Balaban J connectivity index is 0.000000480. The maximum atomic E-state index is 10.5. The van der Waals surface area contributed by atoms with E-state index < -0.39 is 18.0 Å². The summed E-state index contributed by atoms with van der Waals surface area (Å²) in [6, 6.07) is 16.3. The molecule has 3 heterocycles. The molecule has 1 aliphatic heterocycles. The zero-order valence-electron chi connectivity index (χ0n) is 20.3. The molecule has 2 aromatic carbocycles. The van der Waals surface area contributed by atoms with Crippen molar-refractivity contribution < 1.29 is 38.8 Å². The first-order chi connectivity index (χ1) is 17.8. The summed E-state index contributed by atoms with van der Waals surface area (Å²) in [6.45, 7) is 2.91. The highest BCUT2D eigenvalue weighted by Crippen LogP contribution is 2.37. The van der Waals surface area contributed by atoms with Crippen molar-refractivity contribution >= 4 is 44.3 Å². The maximum Gasteiger partial charge on any atom is 0.414 e. The highest BCUT2D eigenvalue weighted by molar-refractivity contribution is 7.19. The van der Waals surface area contributed by atoms with Gasteiger partial charge in [0.2, 0.25) is 0 Å². The molecule has 3 N–H and O–H groups in total. The Labute approximate surface area is 217 Å². The van der Waals surface area contributed by atoms with E-state index in [2.05, 4.69) is 23.1 Å².